The van der Waals surface area contributed by atoms with Crippen molar-refractivity contribution in [1.29, 1.82) is 0 Å². The molecule has 0 saturated carbocycles. The zero-order valence-corrected chi connectivity index (χ0v) is 15.2. The van der Waals surface area contributed by atoms with Crippen LogP contribution in [-0.4, -0.2) is 59.9 Å². The zero-order chi connectivity index (χ0) is 16.7. The maximum absolute atomic E-state index is 12.3. The third kappa shape index (κ3) is 3.03. The number of rotatable bonds is 3. The first-order chi connectivity index (χ1) is 11.5. The number of hydrogen-bond donors (Lipinski definition) is 0. The van der Waals surface area contributed by atoms with Gasteiger partial charge in [-0.1, -0.05) is 0 Å². The minimum Gasteiger partial charge on any atom is -0.380 e. The third-order valence-corrected chi connectivity index (χ3v) is 8.12. The summed E-state index contributed by atoms with van der Waals surface area (Å²) in [6.07, 6.45) is 4.68. The van der Waals surface area contributed by atoms with Gasteiger partial charge in [-0.2, -0.15) is 5.10 Å². The summed E-state index contributed by atoms with van der Waals surface area (Å²) in [6.45, 7) is 2.42. The highest BCUT2D eigenvalue weighted by atomic mass is 32.2. The Morgan fingerprint density at radius 2 is 2.29 bits per heavy atom. The van der Waals surface area contributed by atoms with Gasteiger partial charge in [0, 0.05) is 54.3 Å². The molecule has 2 aromatic rings. The topological polar surface area (TPSA) is 64.4 Å². The van der Waals surface area contributed by atoms with Crippen LogP contribution in [0.3, 0.4) is 0 Å². The molecule has 2 fully saturated rings. The van der Waals surface area contributed by atoms with E-state index in [2.05, 4.69) is 22.1 Å². The summed E-state index contributed by atoms with van der Waals surface area (Å²) >= 11 is 1.76. The Balaban J connectivity index is 1.52. The molecule has 0 N–H and O–H groups in total. The molecule has 0 radical (unpaired) electrons. The minimum absolute atomic E-state index is 0.0847. The molecule has 130 valence electrons. The predicted octanol–water partition coefficient (Wildman–Crippen LogP) is 1.54. The number of fused-ring (bicyclic) bond motifs is 1. The van der Waals surface area contributed by atoms with Crippen LogP contribution >= 0.6 is 11.3 Å². The number of sulfone groups is 1. The molecule has 0 spiro atoms. The SMILES string of the molecule is Cn1cc(-c2ccc(CN3CCS(=O)(=O)C4COCCC43)s2)cn1. The highest BCUT2D eigenvalue weighted by Crippen LogP contribution is 2.32. The van der Waals surface area contributed by atoms with Crippen LogP contribution in [0.25, 0.3) is 10.4 Å². The van der Waals surface area contributed by atoms with Gasteiger partial charge in [-0.3, -0.25) is 9.58 Å². The molecule has 4 rings (SSSR count). The van der Waals surface area contributed by atoms with Crippen molar-refractivity contribution in [3.63, 3.8) is 0 Å². The fraction of sp³-hybridized carbons (Fsp3) is 0.562. The van der Waals surface area contributed by atoms with E-state index in [0.717, 1.165) is 18.5 Å². The summed E-state index contributed by atoms with van der Waals surface area (Å²) in [5.41, 5.74) is 1.12. The van der Waals surface area contributed by atoms with Crippen LogP contribution in [0.1, 0.15) is 11.3 Å². The first kappa shape index (κ1) is 16.3. The van der Waals surface area contributed by atoms with Crippen molar-refractivity contribution in [2.24, 2.45) is 7.05 Å². The summed E-state index contributed by atoms with van der Waals surface area (Å²) in [5.74, 6) is 0.234. The van der Waals surface area contributed by atoms with Crippen LogP contribution in [0.15, 0.2) is 24.5 Å². The van der Waals surface area contributed by atoms with Crippen molar-refractivity contribution in [3.8, 4) is 10.4 Å². The summed E-state index contributed by atoms with van der Waals surface area (Å²) < 4.78 is 31.8. The average molecular weight is 367 g/mol. The molecule has 0 bridgehead atoms. The summed E-state index contributed by atoms with van der Waals surface area (Å²) in [4.78, 5) is 4.79. The van der Waals surface area contributed by atoms with E-state index >= 15 is 0 Å². The smallest absolute Gasteiger partial charge is 0.158 e. The van der Waals surface area contributed by atoms with Crippen LogP contribution < -0.4 is 0 Å². The molecule has 2 aliphatic heterocycles. The van der Waals surface area contributed by atoms with E-state index in [4.69, 9.17) is 4.74 Å². The van der Waals surface area contributed by atoms with Gasteiger partial charge < -0.3 is 4.74 Å². The molecule has 6 nitrogen and oxygen atoms in total. The van der Waals surface area contributed by atoms with Gasteiger partial charge in [-0.15, -0.1) is 11.3 Å². The molecule has 2 aromatic heterocycles. The number of aromatic nitrogens is 2. The molecule has 0 aromatic carbocycles. The summed E-state index contributed by atoms with van der Waals surface area (Å²) in [6, 6.07) is 4.35. The largest absolute Gasteiger partial charge is 0.380 e. The van der Waals surface area contributed by atoms with E-state index in [1.807, 2.05) is 19.4 Å². The molecular formula is C16H21N3O3S2. The molecule has 2 unspecified atom stereocenters. The van der Waals surface area contributed by atoms with Crippen molar-refractivity contribution in [2.75, 3.05) is 25.5 Å². The van der Waals surface area contributed by atoms with Crippen LogP contribution in [0, 0.1) is 0 Å². The molecule has 0 amide bonds. The van der Waals surface area contributed by atoms with Crippen molar-refractivity contribution >= 4 is 21.2 Å². The Labute approximate surface area is 146 Å². The minimum atomic E-state index is -3.02. The molecule has 24 heavy (non-hydrogen) atoms. The second-order valence-electron chi connectivity index (χ2n) is 6.48. The monoisotopic (exact) mass is 367 g/mol. The normalized spacial score (nSPS) is 27.0. The summed E-state index contributed by atoms with van der Waals surface area (Å²) in [5, 5.41) is 3.86. The van der Waals surface area contributed by atoms with Crippen LogP contribution in [0.4, 0.5) is 0 Å². The first-order valence-corrected chi connectivity index (χ1v) is 10.7. The fourth-order valence-corrected chi connectivity index (χ4v) is 6.48. The van der Waals surface area contributed by atoms with Gasteiger partial charge in [0.2, 0.25) is 0 Å². The summed E-state index contributed by atoms with van der Waals surface area (Å²) in [7, 11) is -1.10. The van der Waals surface area contributed by atoms with Crippen molar-refractivity contribution in [1.82, 2.24) is 14.7 Å². The lowest BCUT2D eigenvalue weighted by atomic mass is 10.1. The number of hydrogen-bond acceptors (Lipinski definition) is 6. The number of aryl methyl sites for hydroxylation is 1. The zero-order valence-electron chi connectivity index (χ0n) is 13.6. The van der Waals surface area contributed by atoms with E-state index in [-0.39, 0.29) is 17.0 Å². The van der Waals surface area contributed by atoms with Crippen LogP contribution in [0.5, 0.6) is 0 Å². The average Bonchev–Trinajstić information content (AvgIpc) is 3.19. The molecule has 4 heterocycles. The number of nitrogens with zero attached hydrogens (tertiary/aromatic N) is 3. The Morgan fingerprint density at radius 1 is 1.42 bits per heavy atom. The number of ether oxygens (including phenoxy) is 1. The first-order valence-electron chi connectivity index (χ1n) is 8.14. The highest BCUT2D eigenvalue weighted by Gasteiger charge is 2.43. The highest BCUT2D eigenvalue weighted by molar-refractivity contribution is 7.92. The van der Waals surface area contributed by atoms with Gasteiger partial charge in [-0.05, 0) is 18.6 Å². The van der Waals surface area contributed by atoms with Crippen molar-refractivity contribution in [2.45, 2.75) is 24.3 Å². The van der Waals surface area contributed by atoms with Crippen LogP contribution in [0.2, 0.25) is 0 Å². The Bertz CT molecular complexity index is 827. The quantitative estimate of drug-likeness (QED) is 0.823. The number of thiophene rings is 1. The van der Waals surface area contributed by atoms with E-state index in [1.165, 1.54) is 9.75 Å². The van der Waals surface area contributed by atoms with Crippen molar-refractivity contribution in [3.05, 3.63) is 29.4 Å². The molecular weight excluding hydrogens is 346 g/mol. The lowest BCUT2D eigenvalue weighted by molar-refractivity contribution is 0.0317. The van der Waals surface area contributed by atoms with E-state index in [1.54, 1.807) is 16.0 Å². The molecule has 0 aliphatic carbocycles. The third-order valence-electron chi connectivity index (χ3n) is 4.87. The maximum atomic E-state index is 12.3. The molecule has 2 saturated heterocycles. The van der Waals surface area contributed by atoms with Gasteiger partial charge >= 0.3 is 0 Å². The maximum Gasteiger partial charge on any atom is 0.158 e. The Morgan fingerprint density at radius 3 is 3.08 bits per heavy atom. The second-order valence-corrected chi connectivity index (χ2v) is 9.98. The lowest BCUT2D eigenvalue weighted by Gasteiger charge is -2.43. The standard InChI is InChI=1S/C16H21N3O3S2/c1-18-9-12(8-17-18)15-3-2-13(23-15)10-19-5-7-24(20,21)16-11-22-6-4-14(16)19/h2-3,8-9,14,16H,4-7,10-11H2,1H3. The predicted molar refractivity (Wildman–Crippen MR) is 93.7 cm³/mol. The van der Waals surface area contributed by atoms with E-state index in [9.17, 15) is 8.42 Å². The van der Waals surface area contributed by atoms with Gasteiger partial charge in [0.25, 0.3) is 0 Å². The lowest BCUT2D eigenvalue weighted by Crippen LogP contribution is -2.58. The van der Waals surface area contributed by atoms with Gasteiger partial charge in [-0.25, -0.2) is 8.42 Å². The van der Waals surface area contributed by atoms with E-state index in [0.29, 0.717) is 19.8 Å². The van der Waals surface area contributed by atoms with Gasteiger partial charge in [0.15, 0.2) is 9.84 Å². The van der Waals surface area contributed by atoms with Crippen LogP contribution in [-0.2, 0) is 28.2 Å². The van der Waals surface area contributed by atoms with Crippen molar-refractivity contribution < 1.29 is 13.2 Å². The second kappa shape index (κ2) is 6.25. The van der Waals surface area contributed by atoms with E-state index < -0.39 is 9.84 Å². The molecule has 8 heteroatoms. The Kier molecular flexibility index (Phi) is 4.24. The Hall–Kier alpha value is -1.22. The molecule has 2 aliphatic rings. The fourth-order valence-electron chi connectivity index (χ4n) is 3.59. The molecule has 2 atom stereocenters. The van der Waals surface area contributed by atoms with Gasteiger partial charge in [0.1, 0.15) is 5.25 Å². The van der Waals surface area contributed by atoms with Gasteiger partial charge in [0.05, 0.1) is 18.6 Å².